The molecule has 0 fully saturated rings. The minimum atomic E-state index is -4.25. The molecule has 28 heavy (non-hydrogen) atoms. The number of alkyl halides is 2. The number of hydrogen-bond donors (Lipinski definition) is 2. The number of anilines is 1. The van der Waals surface area contributed by atoms with E-state index in [1.807, 2.05) is 4.72 Å². The zero-order chi connectivity index (χ0) is 20.3. The first-order valence-corrected chi connectivity index (χ1v) is 9.27. The molecule has 2 N–H and O–H groups in total. The van der Waals surface area contributed by atoms with Crippen molar-refractivity contribution in [3.05, 3.63) is 60.4 Å². The van der Waals surface area contributed by atoms with Crippen molar-refractivity contribution in [1.29, 1.82) is 0 Å². The van der Waals surface area contributed by atoms with Crippen LogP contribution in [0, 0.1) is 11.6 Å². The molecule has 0 atom stereocenters. The van der Waals surface area contributed by atoms with Gasteiger partial charge in [-0.1, -0.05) is 6.07 Å². The van der Waals surface area contributed by atoms with Crippen LogP contribution in [0.4, 0.5) is 23.2 Å². The first-order valence-electron chi connectivity index (χ1n) is 7.79. The molecule has 0 saturated carbocycles. The van der Waals surface area contributed by atoms with Crippen LogP contribution in [0.5, 0.6) is 5.75 Å². The Hall–Kier alpha value is -3.08. The molecule has 0 spiro atoms. The second kappa shape index (κ2) is 7.89. The predicted octanol–water partition coefficient (Wildman–Crippen LogP) is 3.80. The van der Waals surface area contributed by atoms with Gasteiger partial charge in [-0.2, -0.15) is 0 Å². The second-order valence-corrected chi connectivity index (χ2v) is 7.22. The summed E-state index contributed by atoms with van der Waals surface area (Å²) in [5, 5.41) is 0. The fourth-order valence-corrected chi connectivity index (χ4v) is 3.32. The number of sulfonamides is 1. The smallest absolute Gasteiger partial charge is 0.272 e. The van der Waals surface area contributed by atoms with E-state index in [4.69, 9.17) is 0 Å². The fraction of sp³-hybridized carbons (Fsp3) is 0.118. The summed E-state index contributed by atoms with van der Waals surface area (Å²) in [4.78, 5) is 6.58. The van der Waals surface area contributed by atoms with Crippen molar-refractivity contribution < 1.29 is 30.7 Å². The maximum atomic E-state index is 14.1. The first-order chi connectivity index (χ1) is 13.3. The Kier molecular flexibility index (Phi) is 5.54. The number of hydrogen-bond acceptors (Lipinski definition) is 4. The minimum absolute atomic E-state index is 0.231. The Morgan fingerprint density at radius 2 is 1.93 bits per heavy atom. The quantitative estimate of drug-likeness (QED) is 0.575. The van der Waals surface area contributed by atoms with Gasteiger partial charge in [0.2, 0.25) is 0 Å². The lowest BCUT2D eigenvalue weighted by molar-refractivity contribution is 0.0797. The van der Waals surface area contributed by atoms with Crippen LogP contribution in [0.3, 0.4) is 0 Å². The lowest BCUT2D eigenvalue weighted by atomic mass is 10.3. The molecule has 1 aromatic carbocycles. The summed E-state index contributed by atoms with van der Waals surface area (Å²) in [7, 11) is -4.25. The molecule has 0 bridgehead atoms. The highest BCUT2D eigenvalue weighted by Gasteiger charge is 2.21. The Morgan fingerprint density at radius 3 is 2.61 bits per heavy atom. The van der Waals surface area contributed by atoms with Gasteiger partial charge in [0, 0.05) is 24.5 Å². The third kappa shape index (κ3) is 4.42. The summed E-state index contributed by atoms with van der Waals surface area (Å²) >= 11 is 0. The van der Waals surface area contributed by atoms with Crippen LogP contribution in [-0.2, 0) is 10.0 Å². The van der Waals surface area contributed by atoms with Crippen molar-refractivity contribution in [2.24, 2.45) is 0 Å². The van der Waals surface area contributed by atoms with E-state index in [1.165, 1.54) is 18.5 Å². The molecular formula is C17H13F4N3O3S. The molecule has 2 aromatic heterocycles. The van der Waals surface area contributed by atoms with Gasteiger partial charge in [0.15, 0.2) is 17.4 Å². The van der Waals surface area contributed by atoms with Crippen LogP contribution in [-0.4, -0.2) is 31.4 Å². The SMILES string of the molecule is O=S(=O)(Nc1cc(F)c(OCC(F)F)cc1F)c1c[nH]c(-c2ccccn2)c1. The van der Waals surface area contributed by atoms with Gasteiger partial charge in [0.1, 0.15) is 11.5 Å². The van der Waals surface area contributed by atoms with Gasteiger partial charge >= 0.3 is 0 Å². The molecule has 3 rings (SSSR count). The monoisotopic (exact) mass is 415 g/mol. The highest BCUT2D eigenvalue weighted by Crippen LogP contribution is 2.28. The standard InChI is InChI=1S/C17H13F4N3O3S/c18-11-7-16(27-9-17(20)21)12(19)6-14(11)24-28(25,26)10-5-15(23-8-10)13-3-1-2-4-22-13/h1-8,17,23-24H,9H2. The van der Waals surface area contributed by atoms with Crippen LogP contribution in [0.1, 0.15) is 0 Å². The van der Waals surface area contributed by atoms with Gasteiger partial charge in [-0.3, -0.25) is 9.71 Å². The maximum Gasteiger partial charge on any atom is 0.272 e. The average molecular weight is 415 g/mol. The van der Waals surface area contributed by atoms with Gasteiger partial charge in [-0.05, 0) is 18.2 Å². The van der Waals surface area contributed by atoms with Crippen molar-refractivity contribution in [2.75, 3.05) is 11.3 Å². The van der Waals surface area contributed by atoms with E-state index < -0.39 is 46.1 Å². The Morgan fingerprint density at radius 1 is 1.14 bits per heavy atom. The Labute approximate surface area is 157 Å². The normalized spacial score (nSPS) is 11.6. The Bertz CT molecular complexity index is 1070. The van der Waals surface area contributed by atoms with Crippen molar-refractivity contribution in [1.82, 2.24) is 9.97 Å². The van der Waals surface area contributed by atoms with Gasteiger partial charge < -0.3 is 9.72 Å². The number of aromatic amines is 1. The first kappa shape index (κ1) is 19.7. The highest BCUT2D eigenvalue weighted by atomic mass is 32.2. The van der Waals surface area contributed by atoms with E-state index in [1.54, 1.807) is 18.2 Å². The molecule has 0 radical (unpaired) electrons. The molecule has 0 amide bonds. The number of benzene rings is 1. The number of halogens is 4. The van der Waals surface area contributed by atoms with Crippen molar-refractivity contribution in [3.63, 3.8) is 0 Å². The summed E-state index contributed by atoms with van der Waals surface area (Å²) in [6.45, 7) is -1.12. The molecule has 3 aromatic rings. The van der Waals surface area contributed by atoms with E-state index in [2.05, 4.69) is 14.7 Å². The van der Waals surface area contributed by atoms with Crippen LogP contribution in [0.25, 0.3) is 11.4 Å². The zero-order valence-corrected chi connectivity index (χ0v) is 14.8. The summed E-state index contributed by atoms with van der Waals surface area (Å²) in [6, 6.07) is 7.34. The molecule has 0 aliphatic heterocycles. The van der Waals surface area contributed by atoms with E-state index >= 15 is 0 Å². The highest BCUT2D eigenvalue weighted by molar-refractivity contribution is 7.92. The molecule has 0 aliphatic rings. The largest absolute Gasteiger partial charge is 0.484 e. The third-order valence-corrected chi connectivity index (χ3v) is 4.88. The molecule has 2 heterocycles. The average Bonchev–Trinajstić information content (AvgIpc) is 3.15. The molecule has 6 nitrogen and oxygen atoms in total. The van der Waals surface area contributed by atoms with Crippen molar-refractivity contribution >= 4 is 15.7 Å². The molecule has 148 valence electrons. The van der Waals surface area contributed by atoms with Crippen LogP contribution in [0.2, 0.25) is 0 Å². The molecule has 0 unspecified atom stereocenters. The summed E-state index contributed by atoms with van der Waals surface area (Å²) in [5.74, 6) is -3.13. The van der Waals surface area contributed by atoms with Gasteiger partial charge in [-0.25, -0.2) is 26.0 Å². The van der Waals surface area contributed by atoms with Crippen LogP contribution in [0.15, 0.2) is 53.7 Å². The summed E-state index contributed by atoms with van der Waals surface area (Å²) < 4.78 is 83.5. The fourth-order valence-electron chi connectivity index (χ4n) is 2.27. The summed E-state index contributed by atoms with van der Waals surface area (Å²) in [5.41, 5.74) is 0.201. The third-order valence-electron chi connectivity index (χ3n) is 3.54. The lowest BCUT2D eigenvalue weighted by Crippen LogP contribution is -2.14. The number of nitrogens with zero attached hydrogens (tertiary/aromatic N) is 1. The number of nitrogens with one attached hydrogen (secondary N) is 2. The number of pyridine rings is 1. The number of rotatable bonds is 7. The second-order valence-electron chi connectivity index (χ2n) is 5.53. The number of ether oxygens (including phenoxy) is 1. The molecule has 0 saturated heterocycles. The van der Waals surface area contributed by atoms with Crippen molar-refractivity contribution in [2.45, 2.75) is 11.3 Å². The Balaban J connectivity index is 1.83. The van der Waals surface area contributed by atoms with Gasteiger partial charge in [0.05, 0.1) is 17.1 Å². The summed E-state index contributed by atoms with van der Waals surface area (Å²) in [6.07, 6.45) is -0.179. The molecule has 11 heteroatoms. The predicted molar refractivity (Wildman–Crippen MR) is 92.7 cm³/mol. The molecule has 0 aliphatic carbocycles. The van der Waals surface area contributed by atoms with Gasteiger partial charge in [0.25, 0.3) is 16.4 Å². The van der Waals surface area contributed by atoms with E-state index in [0.717, 1.165) is 0 Å². The van der Waals surface area contributed by atoms with Gasteiger partial charge in [-0.15, -0.1) is 0 Å². The number of H-pyrrole nitrogens is 1. The topological polar surface area (TPSA) is 84.1 Å². The maximum absolute atomic E-state index is 14.1. The van der Waals surface area contributed by atoms with Crippen LogP contribution >= 0.6 is 0 Å². The lowest BCUT2D eigenvalue weighted by Gasteiger charge is -2.11. The van der Waals surface area contributed by atoms with Crippen LogP contribution < -0.4 is 9.46 Å². The zero-order valence-electron chi connectivity index (χ0n) is 14.0. The van der Waals surface area contributed by atoms with Crippen molar-refractivity contribution in [3.8, 4) is 17.1 Å². The van der Waals surface area contributed by atoms with E-state index in [-0.39, 0.29) is 4.90 Å². The van der Waals surface area contributed by atoms with E-state index in [0.29, 0.717) is 23.5 Å². The number of aromatic nitrogens is 2. The van der Waals surface area contributed by atoms with E-state index in [9.17, 15) is 26.0 Å². The molecular weight excluding hydrogens is 402 g/mol. The minimum Gasteiger partial charge on any atom is -0.484 e.